The van der Waals surface area contributed by atoms with Gasteiger partial charge in [-0.15, -0.1) is 0 Å². The molecule has 0 fully saturated rings. The molecule has 1 N–H and O–H groups in total. The Labute approximate surface area is 241 Å². The van der Waals surface area contributed by atoms with Crippen molar-refractivity contribution in [1.82, 2.24) is 0 Å². The smallest absolute Gasteiger partial charge is 0.127 e. The minimum Gasteiger partial charge on any atom is -0.457 e. The van der Waals surface area contributed by atoms with E-state index in [4.69, 9.17) is 17.3 Å². The minimum absolute atomic E-state index is 0.679. The van der Waals surface area contributed by atoms with Crippen LogP contribution in [0.25, 0.3) is 0 Å². The summed E-state index contributed by atoms with van der Waals surface area (Å²) in [5.41, 5.74) is 5.34. The fourth-order valence-corrected chi connectivity index (χ4v) is 4.53. The summed E-state index contributed by atoms with van der Waals surface area (Å²) in [7, 11) is 6.27. The standard InChI is InChI=1S/C36H27BN2O2/c37-33-15-7-8-16-34(33)38-35-17-9-10-18-36(35)39(27-19-23-31(24-20-27)40-29-11-3-1-4-12-29)28-21-25-32(26-22-28)41-30-13-5-2-6-14-30/h1-26,38H. The topological polar surface area (TPSA) is 33.7 Å². The van der Waals surface area contributed by atoms with Crippen LogP contribution in [0.1, 0.15) is 0 Å². The summed E-state index contributed by atoms with van der Waals surface area (Å²) >= 11 is 0. The number of hydrogen-bond acceptors (Lipinski definition) is 4. The van der Waals surface area contributed by atoms with Crippen LogP contribution in [0.3, 0.4) is 0 Å². The lowest BCUT2D eigenvalue weighted by atomic mass is 9.94. The summed E-state index contributed by atoms with van der Waals surface area (Å²) in [6.45, 7) is 0. The molecule has 0 amide bonds. The highest BCUT2D eigenvalue weighted by Crippen LogP contribution is 2.41. The first kappa shape index (κ1) is 25.8. The summed E-state index contributed by atoms with van der Waals surface area (Å²) < 4.78 is 12.1. The Morgan fingerprint density at radius 2 is 0.829 bits per heavy atom. The number of nitrogens with zero attached hydrogens (tertiary/aromatic N) is 1. The fraction of sp³-hybridized carbons (Fsp3) is 0. The van der Waals surface area contributed by atoms with Gasteiger partial charge >= 0.3 is 0 Å². The van der Waals surface area contributed by atoms with Crippen LogP contribution < -0.4 is 25.2 Å². The van der Waals surface area contributed by atoms with Crippen molar-refractivity contribution in [3.63, 3.8) is 0 Å². The molecule has 41 heavy (non-hydrogen) atoms. The fourth-order valence-electron chi connectivity index (χ4n) is 4.53. The summed E-state index contributed by atoms with van der Waals surface area (Å²) in [4.78, 5) is 2.19. The van der Waals surface area contributed by atoms with Crippen molar-refractivity contribution in [2.45, 2.75) is 0 Å². The van der Waals surface area contributed by atoms with Crippen LogP contribution in [-0.2, 0) is 0 Å². The van der Waals surface area contributed by atoms with E-state index in [-0.39, 0.29) is 0 Å². The first-order chi connectivity index (χ1) is 20.2. The first-order valence-electron chi connectivity index (χ1n) is 13.4. The molecule has 6 aromatic carbocycles. The molecule has 0 aliphatic heterocycles. The summed E-state index contributed by atoms with van der Waals surface area (Å²) in [6, 6.07) is 51.6. The molecule has 0 unspecified atom stereocenters. The second-order valence-corrected chi connectivity index (χ2v) is 9.38. The number of para-hydroxylation sites is 5. The molecule has 0 saturated carbocycles. The van der Waals surface area contributed by atoms with Crippen LogP contribution >= 0.6 is 0 Å². The molecule has 0 heterocycles. The van der Waals surface area contributed by atoms with E-state index in [0.29, 0.717) is 5.46 Å². The van der Waals surface area contributed by atoms with Crippen molar-refractivity contribution in [2.24, 2.45) is 0 Å². The molecule has 6 rings (SSSR count). The highest BCUT2D eigenvalue weighted by atomic mass is 16.5. The van der Waals surface area contributed by atoms with E-state index in [1.165, 1.54) is 0 Å². The molecule has 196 valence electrons. The predicted octanol–water partition coefficient (Wildman–Crippen LogP) is 9.28. The summed E-state index contributed by atoms with van der Waals surface area (Å²) in [6.07, 6.45) is 0. The quantitative estimate of drug-likeness (QED) is 0.189. The molecular weight excluding hydrogens is 503 g/mol. The Bertz CT molecular complexity index is 1620. The molecule has 2 radical (unpaired) electrons. The van der Waals surface area contributed by atoms with E-state index >= 15 is 0 Å². The Morgan fingerprint density at radius 3 is 1.34 bits per heavy atom. The number of benzene rings is 6. The number of rotatable bonds is 9. The maximum absolute atomic E-state index is 6.27. The van der Waals surface area contributed by atoms with Gasteiger partial charge in [-0.2, -0.15) is 0 Å². The van der Waals surface area contributed by atoms with Crippen molar-refractivity contribution in [3.8, 4) is 23.0 Å². The van der Waals surface area contributed by atoms with E-state index in [1.54, 1.807) is 0 Å². The zero-order valence-electron chi connectivity index (χ0n) is 22.4. The molecule has 0 atom stereocenters. The van der Waals surface area contributed by atoms with Gasteiger partial charge in [0.1, 0.15) is 30.8 Å². The minimum atomic E-state index is 0.679. The molecule has 0 bridgehead atoms. The zero-order chi connectivity index (χ0) is 27.9. The van der Waals surface area contributed by atoms with E-state index in [2.05, 4.69) is 46.6 Å². The maximum Gasteiger partial charge on any atom is 0.127 e. The molecule has 0 aliphatic rings. The maximum atomic E-state index is 6.27. The normalized spacial score (nSPS) is 10.5. The monoisotopic (exact) mass is 530 g/mol. The van der Waals surface area contributed by atoms with Gasteiger partial charge in [0.25, 0.3) is 0 Å². The summed E-state index contributed by atoms with van der Waals surface area (Å²) in [5, 5.41) is 3.53. The van der Waals surface area contributed by atoms with Crippen molar-refractivity contribution < 1.29 is 9.47 Å². The molecule has 0 saturated heterocycles. The van der Waals surface area contributed by atoms with Crippen molar-refractivity contribution in [2.75, 3.05) is 10.2 Å². The van der Waals surface area contributed by atoms with Crippen LogP contribution in [0.15, 0.2) is 158 Å². The summed E-state index contributed by atoms with van der Waals surface area (Å²) in [5.74, 6) is 3.10. The Balaban J connectivity index is 1.37. The Morgan fingerprint density at radius 1 is 0.415 bits per heavy atom. The van der Waals surface area contributed by atoms with Crippen molar-refractivity contribution in [1.29, 1.82) is 0 Å². The number of ether oxygens (including phenoxy) is 2. The van der Waals surface area contributed by atoms with Gasteiger partial charge < -0.3 is 19.7 Å². The highest BCUT2D eigenvalue weighted by molar-refractivity contribution is 6.36. The third-order valence-electron chi connectivity index (χ3n) is 6.52. The van der Waals surface area contributed by atoms with E-state index in [9.17, 15) is 0 Å². The largest absolute Gasteiger partial charge is 0.457 e. The van der Waals surface area contributed by atoms with Gasteiger partial charge in [-0.25, -0.2) is 0 Å². The first-order valence-corrected chi connectivity index (χ1v) is 13.4. The molecule has 0 aliphatic carbocycles. The van der Waals surface area contributed by atoms with E-state index < -0.39 is 0 Å². The number of anilines is 5. The molecule has 0 spiro atoms. The van der Waals surface area contributed by atoms with Crippen LogP contribution in [0.4, 0.5) is 28.4 Å². The van der Waals surface area contributed by atoms with Gasteiger partial charge in [0.15, 0.2) is 0 Å². The van der Waals surface area contributed by atoms with Crippen molar-refractivity contribution >= 4 is 41.7 Å². The van der Waals surface area contributed by atoms with Crippen LogP contribution in [0, 0.1) is 0 Å². The molecule has 6 aromatic rings. The highest BCUT2D eigenvalue weighted by Gasteiger charge is 2.17. The molecule has 0 aromatic heterocycles. The predicted molar refractivity (Wildman–Crippen MR) is 169 cm³/mol. The van der Waals surface area contributed by atoms with Crippen LogP contribution in [-0.4, -0.2) is 7.85 Å². The lowest BCUT2D eigenvalue weighted by Crippen LogP contribution is -2.14. The van der Waals surface area contributed by atoms with Gasteiger partial charge in [-0.3, -0.25) is 0 Å². The molecule has 4 nitrogen and oxygen atoms in total. The second kappa shape index (κ2) is 12.2. The molecular formula is C36H27BN2O2. The zero-order valence-corrected chi connectivity index (χ0v) is 22.4. The van der Waals surface area contributed by atoms with Crippen molar-refractivity contribution in [3.05, 3.63) is 158 Å². The van der Waals surface area contributed by atoms with E-state index in [1.807, 2.05) is 121 Å². The Hall–Kier alpha value is -5.42. The average Bonchev–Trinajstić information content (AvgIpc) is 3.02. The number of nitrogens with one attached hydrogen (secondary N) is 1. The average molecular weight is 530 g/mol. The number of hydrogen-bond donors (Lipinski definition) is 1. The third kappa shape index (κ3) is 6.26. The van der Waals surface area contributed by atoms with Gasteiger partial charge in [0.2, 0.25) is 0 Å². The lowest BCUT2D eigenvalue weighted by molar-refractivity contribution is 0.482. The van der Waals surface area contributed by atoms with Gasteiger partial charge in [-0.1, -0.05) is 72.2 Å². The van der Waals surface area contributed by atoms with Gasteiger partial charge in [0, 0.05) is 17.1 Å². The van der Waals surface area contributed by atoms with E-state index in [0.717, 1.165) is 51.4 Å². The van der Waals surface area contributed by atoms with Crippen LogP contribution in [0.2, 0.25) is 0 Å². The SMILES string of the molecule is [B]c1ccccc1Nc1ccccc1N(c1ccc(Oc2ccccc2)cc1)c1ccc(Oc2ccccc2)cc1. The molecule has 5 heteroatoms. The van der Waals surface area contributed by atoms with Crippen LogP contribution in [0.5, 0.6) is 23.0 Å². The second-order valence-electron chi connectivity index (χ2n) is 9.38. The van der Waals surface area contributed by atoms with Gasteiger partial charge in [-0.05, 0) is 91.0 Å². The Kier molecular flexibility index (Phi) is 7.68. The lowest BCUT2D eigenvalue weighted by Gasteiger charge is -2.28. The van der Waals surface area contributed by atoms with Gasteiger partial charge in [0.05, 0.1) is 11.4 Å². The third-order valence-corrected chi connectivity index (χ3v) is 6.52.